The molecule has 0 aliphatic heterocycles. The van der Waals surface area contributed by atoms with E-state index in [1.54, 1.807) is 6.07 Å². The van der Waals surface area contributed by atoms with Crippen molar-refractivity contribution >= 4 is 23.7 Å². The number of hydrogen-bond acceptors (Lipinski definition) is 3. The van der Waals surface area contributed by atoms with Gasteiger partial charge < -0.3 is 14.4 Å². The molecule has 27 heavy (non-hydrogen) atoms. The SMILES string of the molecule is CCCCCCOP(=O)(O)c1ccc(-c2cccc3ccccc23)[nH]c1=O. The molecule has 1 atom stereocenters. The van der Waals surface area contributed by atoms with Gasteiger partial charge in [-0.25, -0.2) is 0 Å². The predicted octanol–water partition coefficient (Wildman–Crippen LogP) is 4.60. The molecule has 5 nitrogen and oxygen atoms in total. The Morgan fingerprint density at radius 2 is 1.78 bits per heavy atom. The molecule has 0 saturated carbocycles. The van der Waals surface area contributed by atoms with Crippen molar-refractivity contribution in [3.05, 3.63) is 65.0 Å². The third-order valence-electron chi connectivity index (χ3n) is 4.54. The van der Waals surface area contributed by atoms with Crippen LogP contribution in [0.4, 0.5) is 0 Å². The Bertz CT molecular complexity index is 1020. The number of fused-ring (bicyclic) bond motifs is 1. The number of benzene rings is 2. The molecule has 2 aromatic carbocycles. The molecule has 1 unspecified atom stereocenters. The van der Waals surface area contributed by atoms with Crippen LogP contribution in [0, 0.1) is 0 Å². The second kappa shape index (κ2) is 8.66. The molecule has 0 amide bonds. The molecule has 3 aromatic rings. The van der Waals surface area contributed by atoms with Crippen LogP contribution in [0.5, 0.6) is 0 Å². The summed E-state index contributed by atoms with van der Waals surface area (Å²) >= 11 is 0. The molecular weight excluding hydrogens is 361 g/mol. The van der Waals surface area contributed by atoms with Crippen molar-refractivity contribution in [2.75, 3.05) is 6.61 Å². The standard InChI is InChI=1S/C21H24NO4P/c1-2-3-4-7-15-26-27(24,25)20-14-13-19(22-21(20)23)18-12-8-10-16-9-5-6-11-17(16)18/h5-6,8-14H,2-4,7,15H2,1H3,(H,22,23)(H,24,25). The van der Waals surface area contributed by atoms with Crippen LogP contribution in [-0.4, -0.2) is 16.5 Å². The van der Waals surface area contributed by atoms with Gasteiger partial charge in [-0.1, -0.05) is 68.7 Å². The van der Waals surface area contributed by atoms with E-state index in [0.29, 0.717) is 12.1 Å². The fourth-order valence-electron chi connectivity index (χ4n) is 3.09. The van der Waals surface area contributed by atoms with Crippen LogP contribution in [0.3, 0.4) is 0 Å². The smallest absolute Gasteiger partial charge is 0.321 e. The predicted molar refractivity (Wildman–Crippen MR) is 110 cm³/mol. The lowest BCUT2D eigenvalue weighted by atomic mass is 10.0. The number of rotatable bonds is 8. The third kappa shape index (κ3) is 4.56. The number of hydrogen-bond donors (Lipinski definition) is 2. The topological polar surface area (TPSA) is 79.4 Å². The highest BCUT2D eigenvalue weighted by Crippen LogP contribution is 2.39. The molecule has 2 N–H and O–H groups in total. The van der Waals surface area contributed by atoms with Crippen LogP contribution < -0.4 is 10.9 Å². The van der Waals surface area contributed by atoms with Gasteiger partial charge >= 0.3 is 7.60 Å². The first-order valence-electron chi connectivity index (χ1n) is 9.22. The number of unbranched alkanes of at least 4 members (excludes halogenated alkanes) is 3. The largest absolute Gasteiger partial charge is 0.364 e. The van der Waals surface area contributed by atoms with E-state index in [0.717, 1.165) is 35.6 Å². The maximum absolute atomic E-state index is 12.5. The second-order valence-electron chi connectivity index (χ2n) is 6.53. The maximum Gasteiger partial charge on any atom is 0.364 e. The summed E-state index contributed by atoms with van der Waals surface area (Å²) in [5, 5.41) is 1.84. The Balaban J connectivity index is 1.85. The van der Waals surface area contributed by atoms with Gasteiger partial charge in [-0.15, -0.1) is 0 Å². The lowest BCUT2D eigenvalue weighted by molar-refractivity contribution is 0.261. The minimum Gasteiger partial charge on any atom is -0.321 e. The van der Waals surface area contributed by atoms with Gasteiger partial charge in [0, 0.05) is 11.3 Å². The number of aromatic nitrogens is 1. The number of pyridine rings is 1. The summed E-state index contributed by atoms with van der Waals surface area (Å²) in [5.74, 6) is 0. The van der Waals surface area contributed by atoms with Crippen molar-refractivity contribution in [3.63, 3.8) is 0 Å². The molecule has 0 aliphatic carbocycles. The van der Waals surface area contributed by atoms with Gasteiger partial charge in [-0.3, -0.25) is 9.36 Å². The molecule has 0 saturated heterocycles. The molecule has 6 heteroatoms. The first kappa shape index (κ1) is 19.6. The molecule has 0 aliphatic rings. The van der Waals surface area contributed by atoms with Crippen molar-refractivity contribution in [3.8, 4) is 11.3 Å². The van der Waals surface area contributed by atoms with Crippen LogP contribution in [0.25, 0.3) is 22.0 Å². The Kier molecular flexibility index (Phi) is 6.27. The van der Waals surface area contributed by atoms with E-state index in [1.165, 1.54) is 6.07 Å². The summed E-state index contributed by atoms with van der Waals surface area (Å²) in [7, 11) is -4.13. The van der Waals surface area contributed by atoms with Gasteiger partial charge in [0.15, 0.2) is 0 Å². The minimum absolute atomic E-state index is 0.165. The van der Waals surface area contributed by atoms with Crippen LogP contribution in [0.1, 0.15) is 32.6 Å². The van der Waals surface area contributed by atoms with E-state index in [-0.39, 0.29) is 11.9 Å². The summed E-state index contributed by atoms with van der Waals surface area (Å²) in [6, 6.07) is 16.7. The molecule has 0 spiro atoms. The molecule has 1 heterocycles. The molecular formula is C21H24NO4P. The third-order valence-corrected chi connectivity index (χ3v) is 6.03. The molecule has 1 aromatic heterocycles. The van der Waals surface area contributed by atoms with E-state index in [2.05, 4.69) is 11.9 Å². The number of nitrogens with one attached hydrogen (secondary N) is 1. The lowest BCUT2D eigenvalue weighted by Gasteiger charge is -2.13. The fraction of sp³-hybridized carbons (Fsp3) is 0.286. The highest BCUT2D eigenvalue weighted by molar-refractivity contribution is 7.61. The molecule has 0 bridgehead atoms. The van der Waals surface area contributed by atoms with E-state index < -0.39 is 13.2 Å². The fourth-order valence-corrected chi connectivity index (χ4v) is 4.18. The monoisotopic (exact) mass is 385 g/mol. The second-order valence-corrected chi connectivity index (χ2v) is 8.31. The van der Waals surface area contributed by atoms with Gasteiger partial charge in [0.05, 0.1) is 6.61 Å². The van der Waals surface area contributed by atoms with Gasteiger partial charge in [-0.2, -0.15) is 0 Å². The van der Waals surface area contributed by atoms with Crippen LogP contribution in [0.2, 0.25) is 0 Å². The highest BCUT2D eigenvalue weighted by atomic mass is 31.2. The Hall–Kier alpha value is -2.20. The van der Waals surface area contributed by atoms with Gasteiger partial charge in [0.1, 0.15) is 5.30 Å². The van der Waals surface area contributed by atoms with Crippen molar-refractivity contribution in [2.45, 2.75) is 32.6 Å². The molecule has 0 radical (unpaired) electrons. The normalized spacial score (nSPS) is 13.6. The number of H-pyrrole nitrogens is 1. The summed E-state index contributed by atoms with van der Waals surface area (Å²) in [4.78, 5) is 25.4. The highest BCUT2D eigenvalue weighted by Gasteiger charge is 2.26. The van der Waals surface area contributed by atoms with E-state index >= 15 is 0 Å². The van der Waals surface area contributed by atoms with Crippen molar-refractivity contribution in [1.29, 1.82) is 0 Å². The van der Waals surface area contributed by atoms with E-state index in [9.17, 15) is 14.3 Å². The summed E-state index contributed by atoms with van der Waals surface area (Å²) in [5.41, 5.74) is 0.869. The molecule has 3 rings (SSSR count). The summed E-state index contributed by atoms with van der Waals surface area (Å²) < 4.78 is 17.6. The maximum atomic E-state index is 12.5. The first-order chi connectivity index (χ1) is 13.0. The zero-order chi connectivity index (χ0) is 19.3. The Morgan fingerprint density at radius 1 is 1.00 bits per heavy atom. The number of aromatic amines is 1. The van der Waals surface area contributed by atoms with Crippen LogP contribution in [0.15, 0.2) is 59.4 Å². The molecule has 142 valence electrons. The zero-order valence-electron chi connectivity index (χ0n) is 15.4. The van der Waals surface area contributed by atoms with Crippen molar-refractivity contribution in [2.24, 2.45) is 0 Å². The Labute approximate surface area is 158 Å². The quantitative estimate of drug-likeness (QED) is 0.439. The van der Waals surface area contributed by atoms with E-state index in [4.69, 9.17) is 4.52 Å². The first-order valence-corrected chi connectivity index (χ1v) is 10.8. The average Bonchev–Trinajstić information content (AvgIpc) is 2.67. The van der Waals surface area contributed by atoms with Gasteiger partial charge in [-0.05, 0) is 29.3 Å². The van der Waals surface area contributed by atoms with Gasteiger partial charge in [0.2, 0.25) is 0 Å². The van der Waals surface area contributed by atoms with Crippen molar-refractivity contribution in [1.82, 2.24) is 4.98 Å². The van der Waals surface area contributed by atoms with Gasteiger partial charge in [0.25, 0.3) is 5.56 Å². The zero-order valence-corrected chi connectivity index (χ0v) is 16.2. The van der Waals surface area contributed by atoms with Crippen LogP contribution in [-0.2, 0) is 9.09 Å². The van der Waals surface area contributed by atoms with E-state index in [1.807, 2.05) is 42.5 Å². The average molecular weight is 385 g/mol. The van der Waals surface area contributed by atoms with Crippen LogP contribution >= 0.6 is 7.60 Å². The Morgan fingerprint density at radius 3 is 2.56 bits per heavy atom. The minimum atomic E-state index is -4.13. The lowest BCUT2D eigenvalue weighted by Crippen LogP contribution is -2.28. The molecule has 0 fully saturated rings. The van der Waals surface area contributed by atoms with Crippen molar-refractivity contribution < 1.29 is 14.0 Å². The summed E-state index contributed by atoms with van der Waals surface area (Å²) in [6.07, 6.45) is 3.77. The summed E-state index contributed by atoms with van der Waals surface area (Å²) in [6.45, 7) is 2.26.